The Balaban J connectivity index is 1.70. The minimum atomic E-state index is -0.444. The van der Waals surface area contributed by atoms with Crippen LogP contribution >= 0.6 is 27.7 Å². The Hall–Kier alpha value is -2.32. The molecule has 0 saturated carbocycles. The van der Waals surface area contributed by atoms with Crippen LogP contribution in [-0.2, 0) is 20.1 Å². The summed E-state index contributed by atoms with van der Waals surface area (Å²) in [6.07, 6.45) is 1.54. The Morgan fingerprint density at radius 2 is 1.93 bits per heavy atom. The number of rotatable bonds is 9. The lowest BCUT2D eigenvalue weighted by atomic mass is 10.2. The Kier molecular flexibility index (Phi) is 8.86. The van der Waals surface area contributed by atoms with Crippen LogP contribution in [0.2, 0.25) is 0 Å². The number of methoxy groups -OCH3 is 1. The highest BCUT2D eigenvalue weighted by atomic mass is 79.9. The van der Waals surface area contributed by atoms with E-state index in [2.05, 4.69) is 31.2 Å². The van der Waals surface area contributed by atoms with E-state index in [-0.39, 0.29) is 12.5 Å². The number of ether oxygens (including phenoxy) is 2. The fourth-order valence-electron chi connectivity index (χ4n) is 1.93. The van der Waals surface area contributed by atoms with Crippen molar-refractivity contribution < 1.29 is 19.1 Å². The van der Waals surface area contributed by atoms with Gasteiger partial charge in [0.2, 0.25) is 5.91 Å². The van der Waals surface area contributed by atoms with Gasteiger partial charge < -0.3 is 9.47 Å². The molecule has 142 valence electrons. The molecule has 8 heteroatoms. The van der Waals surface area contributed by atoms with Crippen LogP contribution in [-0.4, -0.2) is 37.6 Å². The first-order valence-corrected chi connectivity index (χ1v) is 9.96. The van der Waals surface area contributed by atoms with Crippen molar-refractivity contribution >= 4 is 45.8 Å². The number of nitrogens with zero attached hydrogens (tertiary/aromatic N) is 1. The van der Waals surface area contributed by atoms with Crippen LogP contribution in [0.25, 0.3) is 0 Å². The van der Waals surface area contributed by atoms with E-state index in [0.717, 1.165) is 21.4 Å². The average Bonchev–Trinajstić information content (AvgIpc) is 2.68. The Morgan fingerprint density at radius 3 is 2.63 bits per heavy atom. The van der Waals surface area contributed by atoms with Gasteiger partial charge in [-0.3, -0.25) is 4.79 Å². The third-order valence-corrected chi connectivity index (χ3v) is 5.07. The van der Waals surface area contributed by atoms with Gasteiger partial charge in [-0.1, -0.05) is 34.1 Å². The maximum absolute atomic E-state index is 11.8. The van der Waals surface area contributed by atoms with Crippen LogP contribution in [0.3, 0.4) is 0 Å². The minimum absolute atomic E-state index is 0.142. The molecule has 0 aromatic heterocycles. The lowest BCUT2D eigenvalue weighted by Crippen LogP contribution is -2.19. The molecule has 27 heavy (non-hydrogen) atoms. The van der Waals surface area contributed by atoms with Crippen LogP contribution < -0.4 is 10.2 Å². The highest BCUT2D eigenvalue weighted by Crippen LogP contribution is 2.21. The van der Waals surface area contributed by atoms with Gasteiger partial charge in [-0.25, -0.2) is 10.2 Å². The zero-order valence-electron chi connectivity index (χ0n) is 14.7. The van der Waals surface area contributed by atoms with Crippen LogP contribution in [0.15, 0.2) is 58.1 Å². The smallest absolute Gasteiger partial charge is 0.343 e. The topological polar surface area (TPSA) is 77.0 Å². The van der Waals surface area contributed by atoms with Crippen molar-refractivity contribution in [2.75, 3.05) is 19.5 Å². The predicted octanol–water partition coefficient (Wildman–Crippen LogP) is 3.38. The molecule has 0 aliphatic rings. The summed E-state index contributed by atoms with van der Waals surface area (Å²) in [7, 11) is 1.30. The number of halogens is 1. The third-order valence-electron chi connectivity index (χ3n) is 3.32. The van der Waals surface area contributed by atoms with Crippen molar-refractivity contribution in [1.82, 2.24) is 5.43 Å². The second-order valence-electron chi connectivity index (χ2n) is 5.31. The molecule has 0 heterocycles. The van der Waals surface area contributed by atoms with Crippen molar-refractivity contribution in [3.05, 3.63) is 64.1 Å². The molecule has 1 N–H and O–H groups in total. The number of amides is 1. The normalized spacial score (nSPS) is 10.6. The van der Waals surface area contributed by atoms with Crippen LogP contribution in [0, 0.1) is 0 Å². The molecule has 0 aliphatic heterocycles. The molecule has 2 aromatic rings. The molecule has 0 atom stereocenters. The zero-order chi connectivity index (χ0) is 19.5. The van der Waals surface area contributed by atoms with Gasteiger partial charge in [-0.05, 0) is 41.5 Å². The molecule has 0 saturated heterocycles. The molecule has 0 unspecified atom stereocenters. The van der Waals surface area contributed by atoms with Crippen LogP contribution in [0.5, 0.6) is 5.75 Å². The lowest BCUT2D eigenvalue weighted by molar-refractivity contribution is -0.142. The fourth-order valence-corrected chi connectivity index (χ4v) is 3.37. The number of benzene rings is 2. The Labute approximate surface area is 170 Å². The number of esters is 1. The zero-order valence-corrected chi connectivity index (χ0v) is 17.1. The van der Waals surface area contributed by atoms with E-state index < -0.39 is 5.97 Å². The summed E-state index contributed by atoms with van der Waals surface area (Å²) < 4.78 is 10.8. The van der Waals surface area contributed by atoms with E-state index >= 15 is 0 Å². The molecule has 0 spiro atoms. The molecule has 2 aromatic carbocycles. The van der Waals surface area contributed by atoms with Gasteiger partial charge in [0.05, 0.1) is 19.1 Å². The fraction of sp³-hybridized carbons (Fsp3) is 0.211. The number of nitrogens with one attached hydrogen (secondary N) is 1. The first-order valence-electron chi connectivity index (χ1n) is 8.01. The van der Waals surface area contributed by atoms with Crippen molar-refractivity contribution in [3.8, 4) is 5.75 Å². The van der Waals surface area contributed by atoms with Crippen molar-refractivity contribution in [1.29, 1.82) is 0 Å². The molecule has 0 aliphatic carbocycles. The lowest BCUT2D eigenvalue weighted by Gasteiger charge is -2.05. The van der Waals surface area contributed by atoms with E-state index in [9.17, 15) is 9.59 Å². The number of thioether (sulfide) groups is 1. The number of carbonyl (C=O) groups excluding carboxylic acids is 2. The van der Waals surface area contributed by atoms with Crippen molar-refractivity contribution in [2.24, 2.45) is 5.10 Å². The summed E-state index contributed by atoms with van der Waals surface area (Å²) in [6.45, 7) is -0.142. The maximum atomic E-state index is 11.8. The molecule has 2 rings (SSSR count). The van der Waals surface area contributed by atoms with Crippen LogP contribution in [0.4, 0.5) is 0 Å². The van der Waals surface area contributed by atoms with E-state index in [0.29, 0.717) is 11.5 Å². The molecule has 6 nitrogen and oxygen atoms in total. The highest BCUT2D eigenvalue weighted by Gasteiger charge is 2.03. The monoisotopic (exact) mass is 450 g/mol. The van der Waals surface area contributed by atoms with Gasteiger partial charge in [-0.15, -0.1) is 11.8 Å². The summed E-state index contributed by atoms with van der Waals surface area (Å²) in [5.74, 6) is 0.997. The summed E-state index contributed by atoms with van der Waals surface area (Å²) >= 11 is 5.00. The number of hydrazone groups is 1. The van der Waals surface area contributed by atoms with Gasteiger partial charge >= 0.3 is 5.97 Å². The van der Waals surface area contributed by atoms with Crippen LogP contribution in [0.1, 0.15) is 11.1 Å². The molecule has 0 radical (unpaired) electrons. The first kappa shape index (κ1) is 21.0. The van der Waals surface area contributed by atoms with E-state index in [4.69, 9.17) is 4.74 Å². The summed E-state index contributed by atoms with van der Waals surface area (Å²) in [5, 5.41) is 3.94. The Morgan fingerprint density at radius 1 is 1.19 bits per heavy atom. The van der Waals surface area contributed by atoms with E-state index in [1.165, 1.54) is 18.9 Å². The van der Waals surface area contributed by atoms with Crippen molar-refractivity contribution in [3.63, 3.8) is 0 Å². The predicted molar refractivity (Wildman–Crippen MR) is 110 cm³/mol. The quantitative estimate of drug-likeness (QED) is 0.359. The van der Waals surface area contributed by atoms with Gasteiger partial charge in [0.1, 0.15) is 5.75 Å². The average molecular weight is 451 g/mol. The SMILES string of the molecule is COC(=O)COc1ccc(C=NNC(=O)CSCc2ccccc2Br)cc1. The number of hydrogen-bond donors (Lipinski definition) is 1. The molecular formula is C19H19BrN2O4S. The maximum Gasteiger partial charge on any atom is 0.343 e. The minimum Gasteiger partial charge on any atom is -0.482 e. The molecule has 0 fully saturated rings. The summed E-state index contributed by atoms with van der Waals surface area (Å²) in [6, 6.07) is 14.9. The van der Waals surface area contributed by atoms with E-state index in [1.54, 1.807) is 30.5 Å². The number of hydrogen-bond acceptors (Lipinski definition) is 6. The second-order valence-corrected chi connectivity index (χ2v) is 7.15. The first-order chi connectivity index (χ1) is 13.1. The molecular weight excluding hydrogens is 432 g/mol. The highest BCUT2D eigenvalue weighted by molar-refractivity contribution is 9.10. The number of carbonyl (C=O) groups is 2. The standard InChI is InChI=1S/C19H19BrN2O4S/c1-25-19(24)11-26-16-8-6-14(7-9-16)10-21-22-18(23)13-27-12-15-4-2-3-5-17(15)20/h2-10H,11-13H2,1H3,(H,22,23). The largest absolute Gasteiger partial charge is 0.482 e. The summed E-state index contributed by atoms with van der Waals surface area (Å²) in [5.41, 5.74) is 4.44. The Bertz CT molecular complexity index is 797. The van der Waals surface area contributed by atoms with Gasteiger partial charge in [0, 0.05) is 10.2 Å². The molecule has 1 amide bonds. The van der Waals surface area contributed by atoms with Gasteiger partial charge in [-0.2, -0.15) is 5.10 Å². The van der Waals surface area contributed by atoms with Gasteiger partial charge in [0.25, 0.3) is 0 Å². The van der Waals surface area contributed by atoms with E-state index in [1.807, 2.05) is 24.3 Å². The van der Waals surface area contributed by atoms with Gasteiger partial charge in [0.15, 0.2) is 6.61 Å². The summed E-state index contributed by atoms with van der Waals surface area (Å²) in [4.78, 5) is 22.8. The third kappa shape index (κ3) is 7.84. The molecule has 0 bridgehead atoms. The second kappa shape index (κ2) is 11.4. The van der Waals surface area contributed by atoms with Crippen molar-refractivity contribution in [2.45, 2.75) is 5.75 Å².